The third-order valence-corrected chi connectivity index (χ3v) is 3.04. The highest BCUT2D eigenvalue weighted by Gasteiger charge is 2.11. The van der Waals surface area contributed by atoms with Crippen molar-refractivity contribution in [2.45, 2.75) is 6.54 Å². The summed E-state index contributed by atoms with van der Waals surface area (Å²) < 4.78 is 10.1. The molecule has 0 fully saturated rings. The normalized spacial score (nSPS) is 10.9. The zero-order chi connectivity index (χ0) is 12.1. The Hall–Kier alpha value is -0.480. The molecule has 1 aromatic rings. The van der Waals surface area contributed by atoms with Crippen LogP contribution in [0.2, 0.25) is 10.0 Å². The van der Waals surface area contributed by atoms with Crippen molar-refractivity contribution < 1.29 is 9.47 Å². The van der Waals surface area contributed by atoms with Gasteiger partial charge in [0.1, 0.15) is 10.8 Å². The van der Waals surface area contributed by atoms with Crippen molar-refractivity contribution in [1.29, 1.82) is 0 Å². The number of rotatable bonds is 5. The number of ether oxygens (including phenoxy) is 2. The van der Waals surface area contributed by atoms with E-state index in [1.807, 2.05) is 24.1 Å². The van der Waals surface area contributed by atoms with Gasteiger partial charge in [0.2, 0.25) is 0 Å². The van der Waals surface area contributed by atoms with E-state index < -0.39 is 0 Å². The molecule has 16 heavy (non-hydrogen) atoms. The van der Waals surface area contributed by atoms with Crippen molar-refractivity contribution in [3.63, 3.8) is 0 Å². The van der Waals surface area contributed by atoms with Gasteiger partial charge in [0.05, 0.1) is 18.9 Å². The number of benzene rings is 1. The SMILES string of the molecule is COCN(C)Cc1ccc(OC)c(Cl)c1Cl. The number of hydrogen-bond acceptors (Lipinski definition) is 3. The third kappa shape index (κ3) is 3.25. The first-order valence-electron chi connectivity index (χ1n) is 4.78. The van der Waals surface area contributed by atoms with E-state index in [1.165, 1.54) is 0 Å². The number of methoxy groups -OCH3 is 2. The minimum absolute atomic E-state index is 0.451. The van der Waals surface area contributed by atoms with Gasteiger partial charge < -0.3 is 9.47 Å². The molecular weight excluding hydrogens is 249 g/mol. The highest BCUT2D eigenvalue weighted by atomic mass is 35.5. The summed E-state index contributed by atoms with van der Waals surface area (Å²) in [5, 5.41) is 0.983. The van der Waals surface area contributed by atoms with Crippen molar-refractivity contribution in [2.75, 3.05) is 28.0 Å². The fourth-order valence-electron chi connectivity index (χ4n) is 1.41. The highest BCUT2D eigenvalue weighted by molar-refractivity contribution is 6.43. The number of hydrogen-bond donors (Lipinski definition) is 0. The molecule has 90 valence electrons. The van der Waals surface area contributed by atoms with Crippen molar-refractivity contribution >= 4 is 23.2 Å². The molecule has 0 amide bonds. The van der Waals surface area contributed by atoms with Crippen LogP contribution in [0.4, 0.5) is 0 Å². The van der Waals surface area contributed by atoms with E-state index in [0.717, 1.165) is 5.56 Å². The van der Waals surface area contributed by atoms with Gasteiger partial charge in [-0.05, 0) is 18.7 Å². The monoisotopic (exact) mass is 263 g/mol. The van der Waals surface area contributed by atoms with Crippen LogP contribution in [0.15, 0.2) is 12.1 Å². The number of nitrogens with zero attached hydrogens (tertiary/aromatic N) is 1. The summed E-state index contributed by atoms with van der Waals surface area (Å²) in [5.41, 5.74) is 0.951. The molecule has 0 spiro atoms. The first-order chi connectivity index (χ1) is 7.60. The van der Waals surface area contributed by atoms with E-state index in [4.69, 9.17) is 32.7 Å². The van der Waals surface area contributed by atoms with E-state index in [-0.39, 0.29) is 0 Å². The van der Waals surface area contributed by atoms with Crippen molar-refractivity contribution in [3.05, 3.63) is 27.7 Å². The van der Waals surface area contributed by atoms with Crippen molar-refractivity contribution in [1.82, 2.24) is 4.90 Å². The Labute approximate surface area is 106 Å². The van der Waals surface area contributed by atoms with E-state index in [9.17, 15) is 0 Å². The molecule has 0 atom stereocenters. The first kappa shape index (κ1) is 13.6. The molecule has 1 aromatic carbocycles. The van der Waals surface area contributed by atoms with Gasteiger partial charge in [-0.3, -0.25) is 4.90 Å². The van der Waals surface area contributed by atoms with Gasteiger partial charge in [0.25, 0.3) is 0 Å². The maximum absolute atomic E-state index is 6.14. The van der Waals surface area contributed by atoms with E-state index in [1.54, 1.807) is 14.2 Å². The largest absolute Gasteiger partial charge is 0.495 e. The van der Waals surface area contributed by atoms with Crippen LogP contribution >= 0.6 is 23.2 Å². The molecule has 0 N–H and O–H groups in total. The van der Waals surface area contributed by atoms with Crippen LogP contribution in [0.25, 0.3) is 0 Å². The molecular formula is C11H15Cl2NO2. The fraction of sp³-hybridized carbons (Fsp3) is 0.455. The summed E-state index contributed by atoms with van der Waals surface area (Å²) in [5.74, 6) is 0.588. The van der Waals surface area contributed by atoms with Crippen LogP contribution in [0, 0.1) is 0 Å². The minimum atomic E-state index is 0.451. The molecule has 0 saturated carbocycles. The quantitative estimate of drug-likeness (QED) is 0.763. The second-order valence-electron chi connectivity index (χ2n) is 3.49. The molecule has 1 rings (SSSR count). The maximum atomic E-state index is 6.14. The highest BCUT2D eigenvalue weighted by Crippen LogP contribution is 2.34. The van der Waals surface area contributed by atoms with Gasteiger partial charge in [-0.15, -0.1) is 0 Å². The summed E-state index contributed by atoms with van der Waals surface area (Å²) in [6.07, 6.45) is 0. The van der Waals surface area contributed by atoms with Crippen LogP contribution in [0.5, 0.6) is 5.75 Å². The Morgan fingerprint density at radius 3 is 2.44 bits per heavy atom. The maximum Gasteiger partial charge on any atom is 0.138 e. The Kier molecular flexibility index (Phi) is 5.35. The van der Waals surface area contributed by atoms with E-state index >= 15 is 0 Å². The van der Waals surface area contributed by atoms with Gasteiger partial charge in [0.15, 0.2) is 0 Å². The molecule has 0 aliphatic carbocycles. The zero-order valence-electron chi connectivity index (χ0n) is 9.59. The molecule has 0 aromatic heterocycles. The second kappa shape index (κ2) is 6.30. The molecule has 0 saturated heterocycles. The third-order valence-electron chi connectivity index (χ3n) is 2.14. The Bertz CT molecular complexity index is 358. The van der Waals surface area contributed by atoms with Crippen LogP contribution in [-0.2, 0) is 11.3 Å². The van der Waals surface area contributed by atoms with Crippen LogP contribution in [0.3, 0.4) is 0 Å². The van der Waals surface area contributed by atoms with Crippen molar-refractivity contribution in [3.8, 4) is 5.75 Å². The average Bonchev–Trinajstić information content (AvgIpc) is 2.25. The lowest BCUT2D eigenvalue weighted by molar-refractivity contribution is 0.0771. The smallest absolute Gasteiger partial charge is 0.138 e. The van der Waals surface area contributed by atoms with Crippen LogP contribution < -0.4 is 4.74 Å². The summed E-state index contributed by atoms with van der Waals surface area (Å²) in [6.45, 7) is 1.22. The van der Waals surface area contributed by atoms with Gasteiger partial charge in [-0.25, -0.2) is 0 Å². The summed E-state index contributed by atoms with van der Waals surface area (Å²) >= 11 is 12.2. The van der Waals surface area contributed by atoms with E-state index in [0.29, 0.717) is 29.1 Å². The van der Waals surface area contributed by atoms with Gasteiger partial charge in [-0.1, -0.05) is 29.3 Å². The lowest BCUT2D eigenvalue weighted by atomic mass is 10.2. The minimum Gasteiger partial charge on any atom is -0.495 e. The summed E-state index contributed by atoms with van der Waals surface area (Å²) in [4.78, 5) is 1.99. The fourth-order valence-corrected chi connectivity index (χ4v) is 1.89. The molecule has 0 bridgehead atoms. The molecule has 0 heterocycles. The number of halogens is 2. The Morgan fingerprint density at radius 1 is 1.19 bits per heavy atom. The zero-order valence-corrected chi connectivity index (χ0v) is 11.1. The molecule has 0 unspecified atom stereocenters. The predicted octanol–water partition coefficient (Wildman–Crippen LogP) is 3.04. The van der Waals surface area contributed by atoms with Crippen LogP contribution in [0.1, 0.15) is 5.56 Å². The van der Waals surface area contributed by atoms with E-state index in [2.05, 4.69) is 0 Å². The summed E-state index contributed by atoms with van der Waals surface area (Å²) in [7, 11) is 5.16. The van der Waals surface area contributed by atoms with Crippen LogP contribution in [-0.4, -0.2) is 32.9 Å². The first-order valence-corrected chi connectivity index (χ1v) is 5.54. The lowest BCUT2D eigenvalue weighted by Crippen LogP contribution is -2.20. The molecule has 5 heteroatoms. The predicted molar refractivity (Wildman–Crippen MR) is 66.4 cm³/mol. The Balaban J connectivity index is 2.86. The van der Waals surface area contributed by atoms with Gasteiger partial charge in [-0.2, -0.15) is 0 Å². The molecule has 3 nitrogen and oxygen atoms in total. The average molecular weight is 264 g/mol. The van der Waals surface area contributed by atoms with Gasteiger partial charge in [0, 0.05) is 13.7 Å². The Morgan fingerprint density at radius 2 is 1.88 bits per heavy atom. The van der Waals surface area contributed by atoms with Crippen molar-refractivity contribution in [2.24, 2.45) is 0 Å². The van der Waals surface area contributed by atoms with Gasteiger partial charge >= 0.3 is 0 Å². The molecule has 0 aliphatic heterocycles. The topological polar surface area (TPSA) is 21.7 Å². The summed E-state index contributed by atoms with van der Waals surface area (Å²) in [6, 6.07) is 3.71. The molecule has 0 aliphatic rings. The second-order valence-corrected chi connectivity index (χ2v) is 4.24. The lowest BCUT2D eigenvalue weighted by Gasteiger charge is -2.17. The standard InChI is InChI=1S/C11H15Cl2NO2/c1-14(7-15-2)6-8-4-5-9(16-3)11(13)10(8)12/h4-5H,6-7H2,1-3H3. The molecule has 0 radical (unpaired) electrons.